The first kappa shape index (κ1) is 28.0. The van der Waals surface area contributed by atoms with E-state index in [2.05, 4.69) is 10.2 Å². The van der Waals surface area contributed by atoms with Gasteiger partial charge in [0.15, 0.2) is 0 Å². The van der Waals surface area contributed by atoms with Gasteiger partial charge >= 0.3 is 12.4 Å². The minimum atomic E-state index is -5.14. The Morgan fingerprint density at radius 2 is 1.50 bits per heavy atom. The van der Waals surface area contributed by atoms with E-state index in [0.29, 0.717) is 11.6 Å². The molecule has 3 nitrogen and oxygen atoms in total. The van der Waals surface area contributed by atoms with E-state index in [9.17, 15) is 31.1 Å². The van der Waals surface area contributed by atoms with Crippen molar-refractivity contribution in [3.8, 4) is 0 Å². The van der Waals surface area contributed by atoms with Crippen LogP contribution in [0.25, 0.3) is 0 Å². The molecule has 1 N–H and O–H groups in total. The van der Waals surface area contributed by atoms with Crippen LogP contribution >= 0.6 is 0 Å². The predicted molar refractivity (Wildman–Crippen MR) is 127 cm³/mol. The molecule has 1 amide bonds. The number of nitrogens with one attached hydrogen (secondary N) is 1. The summed E-state index contributed by atoms with van der Waals surface area (Å²) >= 11 is 0. The van der Waals surface area contributed by atoms with Gasteiger partial charge in [0.1, 0.15) is 0 Å². The van der Waals surface area contributed by atoms with E-state index in [1.807, 2.05) is 13.8 Å². The number of halogens is 6. The van der Waals surface area contributed by atoms with Crippen LogP contribution in [0.4, 0.5) is 26.3 Å². The first-order chi connectivity index (χ1) is 16.8. The number of likely N-dealkylation sites (tertiary alicyclic amines) is 1. The number of nitrogens with zero attached hydrogens (tertiary/aromatic N) is 1. The molecule has 1 fully saturated rings. The highest BCUT2D eigenvalue weighted by molar-refractivity contribution is 5.98. The van der Waals surface area contributed by atoms with Gasteiger partial charge in [-0.1, -0.05) is 50.1 Å². The number of alkyl halides is 6. The standard InChI is InChI=1S/C27H32F6N2O/c1-4-18-16-20(26(28,29)30)17-21(27(31,32)33)22(18)24(36)34-23(19-12-8-7-9-13-19)25(2,3)35-14-10-5-6-11-15-35/h7-9,12-13,16-17,23H,4-6,10-11,14-15H2,1-3H3,(H,34,36). The average molecular weight is 515 g/mol. The second-order valence-electron chi connectivity index (χ2n) is 9.78. The van der Waals surface area contributed by atoms with Gasteiger partial charge in [-0.15, -0.1) is 0 Å². The monoisotopic (exact) mass is 514 g/mol. The number of amides is 1. The van der Waals surface area contributed by atoms with Gasteiger partial charge in [0.25, 0.3) is 5.91 Å². The summed E-state index contributed by atoms with van der Waals surface area (Å²) in [5.41, 5.74) is -4.02. The van der Waals surface area contributed by atoms with Crippen molar-refractivity contribution in [3.63, 3.8) is 0 Å². The fourth-order valence-corrected chi connectivity index (χ4v) is 4.98. The first-order valence-corrected chi connectivity index (χ1v) is 12.2. The summed E-state index contributed by atoms with van der Waals surface area (Å²) in [6.45, 7) is 6.87. The van der Waals surface area contributed by atoms with Crippen molar-refractivity contribution in [2.45, 2.75) is 76.8 Å². The Bertz CT molecular complexity index is 1040. The lowest BCUT2D eigenvalue weighted by Crippen LogP contribution is -2.54. The van der Waals surface area contributed by atoms with Crippen molar-refractivity contribution in [3.05, 3.63) is 70.3 Å². The maximum Gasteiger partial charge on any atom is 0.417 e. The molecule has 9 heteroatoms. The second-order valence-corrected chi connectivity index (χ2v) is 9.78. The number of hydrogen-bond acceptors (Lipinski definition) is 2. The third-order valence-electron chi connectivity index (χ3n) is 7.00. The molecule has 0 radical (unpaired) electrons. The van der Waals surface area contributed by atoms with Crippen molar-refractivity contribution < 1.29 is 31.1 Å². The highest BCUT2D eigenvalue weighted by Gasteiger charge is 2.43. The number of rotatable bonds is 6. The van der Waals surface area contributed by atoms with Crippen LogP contribution in [-0.2, 0) is 18.8 Å². The molecular formula is C27H32F6N2O. The molecule has 2 aromatic carbocycles. The number of aryl methyl sites for hydroxylation is 1. The number of benzene rings is 2. The molecule has 1 aliphatic rings. The van der Waals surface area contributed by atoms with E-state index in [4.69, 9.17) is 0 Å². The van der Waals surface area contributed by atoms with Crippen LogP contribution in [0.1, 0.15) is 85.1 Å². The third kappa shape index (κ3) is 6.22. The quantitative estimate of drug-likeness (QED) is 0.407. The average Bonchev–Trinajstić information content (AvgIpc) is 3.11. The zero-order valence-electron chi connectivity index (χ0n) is 20.7. The van der Waals surface area contributed by atoms with E-state index >= 15 is 0 Å². The van der Waals surface area contributed by atoms with E-state index in [0.717, 1.165) is 38.8 Å². The van der Waals surface area contributed by atoms with Crippen LogP contribution < -0.4 is 5.32 Å². The minimum Gasteiger partial charge on any atom is -0.343 e. The Labute approximate surface area is 207 Å². The molecule has 198 valence electrons. The van der Waals surface area contributed by atoms with Gasteiger partial charge < -0.3 is 5.32 Å². The number of carbonyl (C=O) groups is 1. The maximum atomic E-state index is 14.0. The summed E-state index contributed by atoms with van der Waals surface area (Å²) in [5.74, 6) is -1.04. The third-order valence-corrected chi connectivity index (χ3v) is 7.00. The Hall–Kier alpha value is -2.55. The molecule has 0 saturated carbocycles. The molecule has 1 atom stereocenters. The summed E-state index contributed by atoms with van der Waals surface area (Å²) in [5, 5.41) is 2.79. The van der Waals surface area contributed by atoms with Gasteiger partial charge in [-0.25, -0.2) is 0 Å². The molecule has 0 aromatic heterocycles. The summed E-state index contributed by atoms with van der Waals surface area (Å²) in [6, 6.07) is 8.93. The van der Waals surface area contributed by atoms with Crippen LogP contribution in [0.2, 0.25) is 0 Å². The summed E-state index contributed by atoms with van der Waals surface area (Å²) < 4.78 is 82.0. The zero-order valence-corrected chi connectivity index (χ0v) is 20.7. The molecule has 36 heavy (non-hydrogen) atoms. The van der Waals surface area contributed by atoms with Crippen molar-refractivity contribution in [1.29, 1.82) is 0 Å². The topological polar surface area (TPSA) is 32.3 Å². The van der Waals surface area contributed by atoms with Crippen molar-refractivity contribution in [2.75, 3.05) is 13.1 Å². The van der Waals surface area contributed by atoms with Gasteiger partial charge in [-0.2, -0.15) is 26.3 Å². The molecule has 0 spiro atoms. The lowest BCUT2D eigenvalue weighted by Gasteiger charge is -2.44. The summed E-state index contributed by atoms with van der Waals surface area (Å²) in [6.07, 6.45) is -6.18. The van der Waals surface area contributed by atoms with E-state index < -0.39 is 46.5 Å². The van der Waals surface area contributed by atoms with Crippen LogP contribution in [0, 0.1) is 0 Å². The fraction of sp³-hybridized carbons (Fsp3) is 0.519. The highest BCUT2D eigenvalue weighted by atomic mass is 19.4. The Balaban J connectivity index is 2.10. The predicted octanol–water partition coefficient (Wildman–Crippen LogP) is 7.41. The zero-order chi connectivity index (χ0) is 26.7. The lowest BCUT2D eigenvalue weighted by molar-refractivity contribution is -0.143. The van der Waals surface area contributed by atoms with Gasteiger partial charge in [0, 0.05) is 5.54 Å². The normalized spacial score (nSPS) is 16.9. The van der Waals surface area contributed by atoms with Crippen LogP contribution in [0.3, 0.4) is 0 Å². The van der Waals surface area contributed by atoms with Crippen LogP contribution in [0.5, 0.6) is 0 Å². The van der Waals surface area contributed by atoms with E-state index in [-0.39, 0.29) is 18.1 Å². The van der Waals surface area contributed by atoms with Crippen LogP contribution in [-0.4, -0.2) is 29.4 Å². The van der Waals surface area contributed by atoms with E-state index in [1.165, 1.54) is 6.92 Å². The Morgan fingerprint density at radius 1 is 0.917 bits per heavy atom. The fourth-order valence-electron chi connectivity index (χ4n) is 4.98. The first-order valence-electron chi connectivity index (χ1n) is 12.2. The minimum absolute atomic E-state index is 0.0333. The number of hydrogen-bond donors (Lipinski definition) is 1. The molecular weight excluding hydrogens is 482 g/mol. The van der Waals surface area contributed by atoms with Gasteiger partial charge in [0.2, 0.25) is 0 Å². The maximum absolute atomic E-state index is 14.0. The van der Waals surface area contributed by atoms with Gasteiger partial charge in [-0.05, 0) is 69.5 Å². The Morgan fingerprint density at radius 3 is 2.00 bits per heavy atom. The molecule has 0 bridgehead atoms. The molecule has 2 aromatic rings. The van der Waals surface area contributed by atoms with Crippen LogP contribution in [0.15, 0.2) is 42.5 Å². The van der Waals surface area contributed by atoms with Crippen molar-refractivity contribution in [2.24, 2.45) is 0 Å². The molecule has 1 heterocycles. The smallest absolute Gasteiger partial charge is 0.343 e. The SMILES string of the molecule is CCc1cc(C(F)(F)F)cc(C(F)(F)F)c1C(=O)NC(c1ccccc1)C(C)(C)N1CCCCCC1. The lowest BCUT2D eigenvalue weighted by atomic mass is 9.85. The highest BCUT2D eigenvalue weighted by Crippen LogP contribution is 2.40. The number of carbonyl (C=O) groups excluding carboxylic acids is 1. The second kappa shape index (κ2) is 10.8. The summed E-state index contributed by atoms with van der Waals surface area (Å²) in [7, 11) is 0. The van der Waals surface area contributed by atoms with Crippen molar-refractivity contribution >= 4 is 5.91 Å². The summed E-state index contributed by atoms with van der Waals surface area (Å²) in [4.78, 5) is 15.8. The van der Waals surface area contributed by atoms with Crippen molar-refractivity contribution in [1.82, 2.24) is 10.2 Å². The molecule has 0 aliphatic carbocycles. The van der Waals surface area contributed by atoms with Gasteiger partial charge in [0.05, 0.1) is 22.7 Å². The Kier molecular flexibility index (Phi) is 8.43. The van der Waals surface area contributed by atoms with E-state index in [1.54, 1.807) is 30.3 Å². The molecule has 1 aliphatic heterocycles. The van der Waals surface area contributed by atoms with Gasteiger partial charge in [-0.3, -0.25) is 9.69 Å². The largest absolute Gasteiger partial charge is 0.417 e. The molecule has 1 unspecified atom stereocenters. The molecule has 1 saturated heterocycles. The molecule has 3 rings (SSSR count).